The molecule has 1 heterocycles. The van der Waals surface area contributed by atoms with E-state index in [-0.39, 0.29) is 0 Å². The highest BCUT2D eigenvalue weighted by Gasteiger charge is 2.18. The molecule has 0 fully saturated rings. The number of thiophene rings is 1. The summed E-state index contributed by atoms with van der Waals surface area (Å²) in [6, 6.07) is 4.46. The minimum absolute atomic E-state index is 0.295. The van der Waals surface area contributed by atoms with E-state index in [1.165, 1.54) is 0 Å². The lowest BCUT2D eigenvalue weighted by Crippen LogP contribution is -2.43. The lowest BCUT2D eigenvalue weighted by atomic mass is 10.1. The molecule has 90 valence electrons. The van der Waals surface area contributed by atoms with Gasteiger partial charge in [0.15, 0.2) is 5.78 Å². The minimum Gasteiger partial charge on any atom is -0.329 e. The topological polar surface area (TPSA) is 17.1 Å². The summed E-state index contributed by atoms with van der Waals surface area (Å²) in [5.74, 6) is 0.295. The van der Waals surface area contributed by atoms with E-state index in [0.29, 0.717) is 18.2 Å². The Balaban J connectivity index is 2.29. The predicted octanol–water partition coefficient (Wildman–Crippen LogP) is 3.20. The molecule has 1 unspecified atom stereocenters. The first-order chi connectivity index (χ1) is 7.41. The normalized spacial score (nSPS) is 13.8. The van der Waals surface area contributed by atoms with Crippen LogP contribution in [-0.4, -0.2) is 37.5 Å². The fourth-order valence-electron chi connectivity index (χ4n) is 1.51. The monoisotopic (exact) mass is 240 g/mol. The summed E-state index contributed by atoms with van der Waals surface area (Å²) in [6.07, 6.45) is 2.79. The van der Waals surface area contributed by atoms with Crippen LogP contribution >= 0.6 is 11.3 Å². The molecule has 1 rings (SSSR count). The summed E-state index contributed by atoms with van der Waals surface area (Å²) in [4.78, 5) is 12.6. The fraction of sp³-hybridized carbons (Fsp3) is 0.615. The van der Waals surface area contributed by atoms with Crippen molar-refractivity contribution >= 4 is 17.1 Å². The van der Waals surface area contributed by atoms with Crippen LogP contribution in [0.5, 0.6) is 0 Å². The van der Waals surface area contributed by atoms with E-state index in [2.05, 4.69) is 28.1 Å². The molecule has 1 aromatic rings. The summed E-state index contributed by atoms with van der Waals surface area (Å²) in [5.41, 5.74) is 0. The third-order valence-corrected chi connectivity index (χ3v) is 4.05. The first kappa shape index (κ1) is 13.4. The van der Waals surface area contributed by atoms with E-state index in [4.69, 9.17) is 0 Å². The van der Waals surface area contributed by atoms with Crippen molar-refractivity contribution in [1.29, 1.82) is 0 Å². The second-order valence-corrected chi connectivity index (χ2v) is 6.21. The SMILES string of the molecule is CC(CCCC(=O)c1cccs1)[N+](C)(C)C. The smallest absolute Gasteiger partial charge is 0.172 e. The average molecular weight is 240 g/mol. The fourth-order valence-corrected chi connectivity index (χ4v) is 2.20. The zero-order chi connectivity index (χ0) is 12.2. The number of quaternary nitrogens is 1. The molecule has 0 bridgehead atoms. The standard InChI is InChI=1S/C13H22NOS/c1-11(14(2,3)4)7-5-8-12(15)13-9-6-10-16-13/h6,9-11H,5,7-8H2,1-4H3/q+1. The van der Waals surface area contributed by atoms with Gasteiger partial charge in [-0.1, -0.05) is 6.07 Å². The molecule has 0 aliphatic rings. The van der Waals surface area contributed by atoms with Gasteiger partial charge in [0, 0.05) is 6.42 Å². The zero-order valence-electron chi connectivity index (χ0n) is 10.7. The first-order valence-electron chi connectivity index (χ1n) is 5.79. The van der Waals surface area contributed by atoms with Gasteiger partial charge in [0.1, 0.15) is 0 Å². The molecule has 0 aliphatic carbocycles. The Hall–Kier alpha value is -0.670. The summed E-state index contributed by atoms with van der Waals surface area (Å²) in [5, 5.41) is 1.96. The number of ketones is 1. The van der Waals surface area contributed by atoms with Gasteiger partial charge in [0.25, 0.3) is 0 Å². The second kappa shape index (κ2) is 5.60. The van der Waals surface area contributed by atoms with Crippen LogP contribution in [-0.2, 0) is 0 Å². The second-order valence-electron chi connectivity index (χ2n) is 5.26. The molecule has 0 aromatic carbocycles. The highest BCUT2D eigenvalue weighted by atomic mass is 32.1. The van der Waals surface area contributed by atoms with E-state index in [9.17, 15) is 4.79 Å². The van der Waals surface area contributed by atoms with Crippen molar-refractivity contribution in [3.8, 4) is 0 Å². The van der Waals surface area contributed by atoms with Crippen LogP contribution in [0.4, 0.5) is 0 Å². The van der Waals surface area contributed by atoms with Crippen molar-refractivity contribution in [2.75, 3.05) is 21.1 Å². The maximum atomic E-state index is 11.7. The molecule has 3 heteroatoms. The molecule has 1 atom stereocenters. The Kier molecular flexibility index (Phi) is 4.69. The largest absolute Gasteiger partial charge is 0.329 e. The summed E-state index contributed by atoms with van der Waals surface area (Å²) in [7, 11) is 6.60. The maximum Gasteiger partial charge on any atom is 0.172 e. The van der Waals surface area contributed by atoms with Crippen LogP contribution in [0.25, 0.3) is 0 Å². The van der Waals surface area contributed by atoms with Gasteiger partial charge in [-0.05, 0) is 31.2 Å². The van der Waals surface area contributed by atoms with Crippen molar-refractivity contribution in [1.82, 2.24) is 0 Å². The molecular formula is C13H22NOS+. The lowest BCUT2D eigenvalue weighted by molar-refractivity contribution is -0.894. The van der Waals surface area contributed by atoms with Gasteiger partial charge in [-0.2, -0.15) is 0 Å². The molecule has 0 aliphatic heterocycles. The van der Waals surface area contributed by atoms with Crippen LogP contribution in [0, 0.1) is 0 Å². The third kappa shape index (κ3) is 4.06. The predicted molar refractivity (Wildman–Crippen MR) is 70.0 cm³/mol. The number of hydrogen-bond acceptors (Lipinski definition) is 2. The highest BCUT2D eigenvalue weighted by molar-refractivity contribution is 7.12. The molecule has 0 N–H and O–H groups in total. The van der Waals surface area contributed by atoms with Gasteiger partial charge in [0.2, 0.25) is 0 Å². The quantitative estimate of drug-likeness (QED) is 0.551. The average Bonchev–Trinajstić information content (AvgIpc) is 2.68. The maximum absolute atomic E-state index is 11.7. The Morgan fingerprint density at radius 2 is 2.12 bits per heavy atom. The van der Waals surface area contributed by atoms with E-state index >= 15 is 0 Å². The van der Waals surface area contributed by atoms with Gasteiger partial charge in [-0.25, -0.2) is 0 Å². The number of Topliss-reactive ketones (excluding diaryl/α,β-unsaturated/α-hetero) is 1. The molecule has 0 radical (unpaired) electrons. The highest BCUT2D eigenvalue weighted by Crippen LogP contribution is 2.15. The van der Waals surface area contributed by atoms with Crippen molar-refractivity contribution in [3.05, 3.63) is 22.4 Å². The molecule has 16 heavy (non-hydrogen) atoms. The number of carbonyl (C=O) groups excluding carboxylic acids is 1. The first-order valence-corrected chi connectivity index (χ1v) is 6.67. The van der Waals surface area contributed by atoms with Gasteiger partial charge in [0.05, 0.1) is 32.1 Å². The van der Waals surface area contributed by atoms with Crippen LogP contribution in [0.1, 0.15) is 35.9 Å². The number of rotatable bonds is 6. The van der Waals surface area contributed by atoms with Gasteiger partial charge in [-0.3, -0.25) is 4.79 Å². The van der Waals surface area contributed by atoms with Crippen LogP contribution < -0.4 is 0 Å². The van der Waals surface area contributed by atoms with E-state index < -0.39 is 0 Å². The van der Waals surface area contributed by atoms with Crippen LogP contribution in [0.2, 0.25) is 0 Å². The molecule has 0 amide bonds. The van der Waals surface area contributed by atoms with Crippen molar-refractivity contribution in [2.24, 2.45) is 0 Å². The Morgan fingerprint density at radius 1 is 1.44 bits per heavy atom. The zero-order valence-corrected chi connectivity index (χ0v) is 11.5. The third-order valence-electron chi connectivity index (χ3n) is 3.14. The van der Waals surface area contributed by atoms with Gasteiger partial charge >= 0.3 is 0 Å². The molecular weight excluding hydrogens is 218 g/mol. The van der Waals surface area contributed by atoms with Crippen molar-refractivity contribution in [2.45, 2.75) is 32.2 Å². The Labute approximate surface area is 102 Å². The van der Waals surface area contributed by atoms with Crippen molar-refractivity contribution in [3.63, 3.8) is 0 Å². The van der Waals surface area contributed by atoms with E-state index in [1.807, 2.05) is 17.5 Å². The van der Waals surface area contributed by atoms with Crippen LogP contribution in [0.15, 0.2) is 17.5 Å². The van der Waals surface area contributed by atoms with Crippen molar-refractivity contribution < 1.29 is 9.28 Å². The molecule has 1 aromatic heterocycles. The lowest BCUT2D eigenvalue weighted by Gasteiger charge is -2.31. The number of hydrogen-bond donors (Lipinski definition) is 0. The molecule has 0 saturated heterocycles. The summed E-state index contributed by atoms with van der Waals surface area (Å²) in [6.45, 7) is 2.25. The Bertz CT molecular complexity index is 324. The molecule has 0 saturated carbocycles. The van der Waals surface area contributed by atoms with Gasteiger partial charge in [-0.15, -0.1) is 11.3 Å². The summed E-state index contributed by atoms with van der Waals surface area (Å²) < 4.78 is 0.965. The van der Waals surface area contributed by atoms with E-state index in [1.54, 1.807) is 11.3 Å². The number of nitrogens with zero attached hydrogens (tertiary/aromatic N) is 1. The van der Waals surface area contributed by atoms with Gasteiger partial charge < -0.3 is 4.48 Å². The van der Waals surface area contributed by atoms with Crippen LogP contribution in [0.3, 0.4) is 0 Å². The minimum atomic E-state index is 0.295. The summed E-state index contributed by atoms with van der Waals surface area (Å²) >= 11 is 1.54. The van der Waals surface area contributed by atoms with E-state index in [0.717, 1.165) is 22.2 Å². The Morgan fingerprint density at radius 3 is 2.62 bits per heavy atom. The molecule has 2 nitrogen and oxygen atoms in total. The molecule has 0 spiro atoms. The number of carbonyl (C=O) groups is 1.